The molecule has 2 atom stereocenters. The van der Waals surface area contributed by atoms with Crippen molar-refractivity contribution in [3.05, 3.63) is 34.4 Å². The Hall–Kier alpha value is -0.550. The molecule has 0 bridgehead atoms. The molecular weight excluding hydrogens is 293 g/mol. The molecule has 0 aliphatic heterocycles. The fourth-order valence-corrected chi connectivity index (χ4v) is 2.18. The van der Waals surface area contributed by atoms with Gasteiger partial charge in [-0.3, -0.25) is 0 Å². The molecule has 3 nitrogen and oxygen atoms in total. The van der Waals surface area contributed by atoms with Gasteiger partial charge < -0.3 is 15.2 Å². The average Bonchev–Trinajstić information content (AvgIpc) is 2.69. The highest BCUT2D eigenvalue weighted by Gasteiger charge is 2.20. The van der Waals surface area contributed by atoms with Crippen LogP contribution in [-0.4, -0.2) is 27.2 Å². The Labute approximate surface area is 106 Å². The highest BCUT2D eigenvalue weighted by atomic mass is 79.9. The number of aromatic nitrogens is 1. The summed E-state index contributed by atoms with van der Waals surface area (Å²) < 4.78 is 0.924. The van der Waals surface area contributed by atoms with Crippen LogP contribution < -0.4 is 0 Å². The molecule has 1 aromatic carbocycles. The monoisotopic (exact) mass is 303 g/mol. The van der Waals surface area contributed by atoms with E-state index in [4.69, 9.17) is 11.6 Å². The molecule has 0 aliphatic rings. The second-order valence-corrected chi connectivity index (χ2v) is 4.82. The molecule has 3 N–H and O–H groups in total. The predicted molar refractivity (Wildman–Crippen MR) is 67.7 cm³/mol. The number of benzene rings is 1. The van der Waals surface area contributed by atoms with Gasteiger partial charge in [-0.15, -0.1) is 11.6 Å². The van der Waals surface area contributed by atoms with Crippen LogP contribution in [0.4, 0.5) is 0 Å². The van der Waals surface area contributed by atoms with Crippen molar-refractivity contribution in [1.82, 2.24) is 4.98 Å². The second-order valence-electron chi connectivity index (χ2n) is 3.60. The second kappa shape index (κ2) is 4.75. The molecule has 2 aromatic rings. The van der Waals surface area contributed by atoms with Gasteiger partial charge in [0.25, 0.3) is 0 Å². The van der Waals surface area contributed by atoms with Crippen LogP contribution >= 0.6 is 27.5 Å². The number of halogens is 2. The quantitative estimate of drug-likeness (QED) is 0.763. The predicted octanol–water partition coefficient (Wildman–Crippen LogP) is 2.56. The van der Waals surface area contributed by atoms with E-state index in [0.717, 1.165) is 15.4 Å². The van der Waals surface area contributed by atoms with E-state index in [1.165, 1.54) is 0 Å². The molecule has 0 radical (unpaired) electrons. The number of rotatable bonds is 3. The first-order valence-corrected chi connectivity index (χ1v) is 6.15. The zero-order chi connectivity index (χ0) is 11.7. The van der Waals surface area contributed by atoms with E-state index in [2.05, 4.69) is 20.9 Å². The Morgan fingerprint density at radius 2 is 2.12 bits per heavy atom. The third-order valence-corrected chi connectivity index (χ3v) is 3.33. The molecule has 1 heterocycles. The first kappa shape index (κ1) is 11.9. The largest absolute Gasteiger partial charge is 0.389 e. The number of alkyl halides is 1. The lowest BCUT2D eigenvalue weighted by molar-refractivity contribution is 0.0336. The zero-order valence-corrected chi connectivity index (χ0v) is 10.7. The van der Waals surface area contributed by atoms with Crippen LogP contribution in [0.25, 0.3) is 10.9 Å². The lowest BCUT2D eigenvalue weighted by atomic mass is 10.0. The summed E-state index contributed by atoms with van der Waals surface area (Å²) in [5.74, 6) is 0.00183. The number of aliphatic hydroxyl groups is 2. The molecule has 86 valence electrons. The summed E-state index contributed by atoms with van der Waals surface area (Å²) in [5, 5.41) is 20.3. The van der Waals surface area contributed by atoms with Gasteiger partial charge in [0.15, 0.2) is 0 Å². The third kappa shape index (κ3) is 2.11. The summed E-state index contributed by atoms with van der Waals surface area (Å²) >= 11 is 8.89. The summed E-state index contributed by atoms with van der Waals surface area (Å²) in [4.78, 5) is 3.04. The maximum atomic E-state index is 9.90. The number of aliphatic hydroxyl groups excluding tert-OH is 2. The number of hydrogen-bond donors (Lipinski definition) is 3. The lowest BCUT2D eigenvalue weighted by Gasteiger charge is -2.14. The van der Waals surface area contributed by atoms with Gasteiger partial charge in [-0.05, 0) is 18.2 Å². The highest BCUT2D eigenvalue weighted by Crippen LogP contribution is 2.28. The Morgan fingerprint density at radius 3 is 2.81 bits per heavy atom. The van der Waals surface area contributed by atoms with Crippen molar-refractivity contribution in [3.8, 4) is 0 Å². The van der Waals surface area contributed by atoms with Crippen LogP contribution in [0, 0.1) is 0 Å². The van der Waals surface area contributed by atoms with E-state index >= 15 is 0 Å². The van der Waals surface area contributed by atoms with Crippen LogP contribution in [0.5, 0.6) is 0 Å². The molecule has 0 fully saturated rings. The van der Waals surface area contributed by atoms with Crippen LogP contribution in [0.2, 0.25) is 0 Å². The van der Waals surface area contributed by atoms with Crippen molar-refractivity contribution in [2.75, 3.05) is 5.88 Å². The summed E-state index contributed by atoms with van der Waals surface area (Å²) in [6.07, 6.45) is -0.238. The van der Waals surface area contributed by atoms with E-state index < -0.39 is 12.2 Å². The third-order valence-electron chi connectivity index (χ3n) is 2.52. The number of hydrogen-bond acceptors (Lipinski definition) is 2. The molecule has 0 amide bonds. The van der Waals surface area contributed by atoms with E-state index in [0.29, 0.717) is 5.56 Å². The van der Waals surface area contributed by atoms with E-state index in [1.54, 1.807) is 6.20 Å². The zero-order valence-electron chi connectivity index (χ0n) is 8.32. The lowest BCUT2D eigenvalue weighted by Crippen LogP contribution is -2.19. The topological polar surface area (TPSA) is 56.2 Å². The van der Waals surface area contributed by atoms with E-state index in [-0.39, 0.29) is 5.88 Å². The summed E-state index contributed by atoms with van der Waals surface area (Å²) in [6.45, 7) is 0. The Balaban J connectivity index is 2.48. The smallest absolute Gasteiger partial charge is 0.108 e. The molecule has 16 heavy (non-hydrogen) atoms. The summed E-state index contributed by atoms with van der Waals surface area (Å²) in [6, 6.07) is 5.71. The van der Waals surface area contributed by atoms with E-state index in [9.17, 15) is 10.2 Å². The summed E-state index contributed by atoms with van der Waals surface area (Å²) in [5.41, 5.74) is 1.57. The van der Waals surface area contributed by atoms with Gasteiger partial charge in [0.1, 0.15) is 6.10 Å². The molecular formula is C11H11BrClNO2. The van der Waals surface area contributed by atoms with Crippen LogP contribution in [0.3, 0.4) is 0 Å². The number of fused-ring (bicyclic) bond motifs is 1. The minimum atomic E-state index is -0.972. The number of nitrogens with one attached hydrogen (secondary N) is 1. The van der Waals surface area contributed by atoms with Crippen LogP contribution in [0.15, 0.2) is 28.9 Å². The SMILES string of the molecule is OC(CCl)C(O)c1c[nH]c2ccc(Br)cc12. The normalized spacial score (nSPS) is 15.2. The molecule has 0 spiro atoms. The fraction of sp³-hybridized carbons (Fsp3) is 0.273. The number of H-pyrrole nitrogens is 1. The first-order valence-electron chi connectivity index (χ1n) is 4.82. The minimum Gasteiger partial charge on any atom is -0.389 e. The Kier molecular flexibility index (Phi) is 3.54. The Morgan fingerprint density at radius 1 is 1.38 bits per heavy atom. The van der Waals surface area contributed by atoms with Crippen molar-refractivity contribution in [1.29, 1.82) is 0 Å². The van der Waals surface area contributed by atoms with E-state index in [1.807, 2.05) is 18.2 Å². The molecule has 1 aromatic heterocycles. The van der Waals surface area contributed by atoms with Gasteiger partial charge >= 0.3 is 0 Å². The van der Waals surface area contributed by atoms with Gasteiger partial charge in [-0.25, -0.2) is 0 Å². The fourth-order valence-electron chi connectivity index (χ4n) is 1.65. The molecule has 0 aliphatic carbocycles. The maximum absolute atomic E-state index is 9.90. The van der Waals surface area contributed by atoms with Gasteiger partial charge in [0.2, 0.25) is 0 Å². The van der Waals surface area contributed by atoms with Gasteiger partial charge in [-0.1, -0.05) is 15.9 Å². The molecule has 2 rings (SSSR count). The van der Waals surface area contributed by atoms with Crippen molar-refractivity contribution >= 4 is 38.4 Å². The maximum Gasteiger partial charge on any atom is 0.108 e. The summed E-state index contributed by atoms with van der Waals surface area (Å²) in [7, 11) is 0. The molecule has 2 unspecified atom stereocenters. The highest BCUT2D eigenvalue weighted by molar-refractivity contribution is 9.10. The van der Waals surface area contributed by atoms with Crippen LogP contribution in [-0.2, 0) is 0 Å². The molecule has 5 heteroatoms. The van der Waals surface area contributed by atoms with Gasteiger partial charge in [0, 0.05) is 27.1 Å². The van der Waals surface area contributed by atoms with Gasteiger partial charge in [-0.2, -0.15) is 0 Å². The number of aromatic amines is 1. The van der Waals surface area contributed by atoms with Crippen molar-refractivity contribution in [3.63, 3.8) is 0 Å². The molecule has 0 saturated carbocycles. The Bertz CT molecular complexity index is 500. The van der Waals surface area contributed by atoms with Crippen LogP contribution in [0.1, 0.15) is 11.7 Å². The standard InChI is InChI=1S/C11H11BrClNO2/c12-6-1-2-9-7(3-6)8(5-14-9)11(16)10(15)4-13/h1-3,5,10-11,14-16H,4H2. The van der Waals surface area contributed by atoms with Gasteiger partial charge in [0.05, 0.1) is 12.0 Å². The van der Waals surface area contributed by atoms with Crippen molar-refractivity contribution < 1.29 is 10.2 Å². The average molecular weight is 305 g/mol. The molecule has 0 saturated heterocycles. The van der Waals surface area contributed by atoms with Crippen molar-refractivity contribution in [2.45, 2.75) is 12.2 Å². The minimum absolute atomic E-state index is 0.00183. The first-order chi connectivity index (χ1) is 7.63. The van der Waals surface area contributed by atoms with Crippen molar-refractivity contribution in [2.24, 2.45) is 0 Å².